The molecule has 4 N–H and O–H groups in total. The number of aromatic nitrogens is 3. The Balaban J connectivity index is 1.22. The van der Waals surface area contributed by atoms with Crippen molar-refractivity contribution in [3.63, 3.8) is 0 Å². The summed E-state index contributed by atoms with van der Waals surface area (Å²) in [6.07, 6.45) is 11.3. The van der Waals surface area contributed by atoms with E-state index in [1.807, 2.05) is 36.7 Å². The molecule has 2 aliphatic rings. The Labute approximate surface area is 263 Å². The fourth-order valence-corrected chi connectivity index (χ4v) is 6.63. The molecular weight excluding hydrogens is 558 g/mol. The Morgan fingerprint density at radius 3 is 2.36 bits per heavy atom. The number of nitrogens with one attached hydrogen (secondary N) is 2. The average Bonchev–Trinajstić information content (AvgIpc) is 3.83. The van der Waals surface area contributed by atoms with Gasteiger partial charge in [0.25, 0.3) is 0 Å². The quantitative estimate of drug-likeness (QED) is 0.155. The molecule has 1 amide bonds. The van der Waals surface area contributed by atoms with Crippen molar-refractivity contribution >= 4 is 40.6 Å². The molecular formula is C37H39N7O. The van der Waals surface area contributed by atoms with E-state index in [2.05, 4.69) is 85.8 Å². The van der Waals surface area contributed by atoms with Crippen molar-refractivity contribution in [2.45, 2.75) is 69.5 Å². The molecule has 0 bridgehead atoms. The zero-order valence-corrected chi connectivity index (χ0v) is 25.8. The highest BCUT2D eigenvalue weighted by Crippen LogP contribution is 2.38. The van der Waals surface area contributed by atoms with Gasteiger partial charge in [-0.25, -0.2) is 4.98 Å². The van der Waals surface area contributed by atoms with Crippen LogP contribution in [0.3, 0.4) is 0 Å². The van der Waals surface area contributed by atoms with Gasteiger partial charge in [0.15, 0.2) is 0 Å². The lowest BCUT2D eigenvalue weighted by molar-refractivity contribution is -0.126. The summed E-state index contributed by atoms with van der Waals surface area (Å²) in [6.45, 7) is 4.23. The zero-order valence-electron chi connectivity index (χ0n) is 25.8. The van der Waals surface area contributed by atoms with Crippen LogP contribution in [0.4, 0.5) is 11.4 Å². The van der Waals surface area contributed by atoms with Crippen molar-refractivity contribution in [1.82, 2.24) is 19.9 Å². The van der Waals surface area contributed by atoms with Gasteiger partial charge in [0.2, 0.25) is 5.91 Å². The molecule has 0 saturated carbocycles. The van der Waals surface area contributed by atoms with E-state index in [1.165, 1.54) is 22.1 Å². The number of carbonyl (C=O) groups is 1. The molecule has 2 aromatic heterocycles. The number of imidazole rings is 1. The molecule has 3 aromatic carbocycles. The number of carbonyl (C=O) groups excluding carboxylic acids is 1. The number of hydrogen-bond donors (Lipinski definition) is 3. The first-order valence-corrected chi connectivity index (χ1v) is 15.8. The van der Waals surface area contributed by atoms with E-state index in [1.54, 1.807) is 13.8 Å². The molecule has 5 aromatic rings. The van der Waals surface area contributed by atoms with Gasteiger partial charge in [-0.3, -0.25) is 14.8 Å². The fraction of sp³-hybridized carbons (Fsp3) is 0.297. The van der Waals surface area contributed by atoms with E-state index in [0.29, 0.717) is 6.42 Å². The first-order chi connectivity index (χ1) is 21.8. The maximum absolute atomic E-state index is 13.4. The molecule has 2 aliphatic heterocycles. The van der Waals surface area contributed by atoms with E-state index >= 15 is 0 Å². The molecule has 228 valence electrons. The Bertz CT molecular complexity index is 1910. The van der Waals surface area contributed by atoms with Crippen molar-refractivity contribution < 1.29 is 4.79 Å². The number of amides is 1. The first-order valence-electron chi connectivity index (χ1n) is 15.8. The van der Waals surface area contributed by atoms with Gasteiger partial charge < -0.3 is 20.6 Å². The second-order valence-corrected chi connectivity index (χ2v) is 12.8. The summed E-state index contributed by atoms with van der Waals surface area (Å²) >= 11 is 0. The van der Waals surface area contributed by atoms with Crippen LogP contribution in [0.2, 0.25) is 0 Å². The summed E-state index contributed by atoms with van der Waals surface area (Å²) in [5.41, 5.74) is 13.1. The average molecular weight is 598 g/mol. The van der Waals surface area contributed by atoms with Crippen LogP contribution in [0.25, 0.3) is 10.9 Å². The van der Waals surface area contributed by atoms with Crippen LogP contribution >= 0.6 is 0 Å². The van der Waals surface area contributed by atoms with Gasteiger partial charge in [-0.1, -0.05) is 54.6 Å². The molecule has 8 nitrogen and oxygen atoms in total. The smallest absolute Gasteiger partial charge is 0.240 e. The number of hydrogen-bond acceptors (Lipinski definition) is 5. The number of nitrogens with zero attached hydrogens (tertiary/aromatic N) is 4. The molecule has 2 unspecified atom stereocenters. The van der Waals surface area contributed by atoms with Crippen LogP contribution in [-0.4, -0.2) is 38.4 Å². The molecule has 0 aliphatic carbocycles. The minimum Gasteiger partial charge on any atom is -0.361 e. The third kappa shape index (κ3) is 5.85. The minimum atomic E-state index is -1.02. The molecule has 0 saturated heterocycles. The third-order valence-corrected chi connectivity index (χ3v) is 9.12. The Hall–Kier alpha value is -4.82. The van der Waals surface area contributed by atoms with Gasteiger partial charge in [0, 0.05) is 54.3 Å². The van der Waals surface area contributed by atoms with E-state index in [4.69, 9.17) is 10.7 Å². The number of para-hydroxylation sites is 3. The highest BCUT2D eigenvalue weighted by Gasteiger charge is 2.31. The maximum Gasteiger partial charge on any atom is 0.240 e. The van der Waals surface area contributed by atoms with Crippen molar-refractivity contribution in [3.8, 4) is 0 Å². The standard InChI is InChI=1S/C37H39N7O/c1-37(2,38)36(45)43-33(19-26-22-41-32-14-8-5-11-29(26)32)34-23-42-35(16-15-24-20-39-30-12-6-3-9-27(24)30)44(34)18-17-25-21-40-31-13-7-4-10-28(25)31/h3-14,20-23,25-26,33,39H,15-19,38H2,1-2H3,(H,43,45)/t25?,26?,33-/m1/s1. The van der Waals surface area contributed by atoms with E-state index in [0.717, 1.165) is 54.2 Å². The van der Waals surface area contributed by atoms with Crippen molar-refractivity contribution in [1.29, 1.82) is 0 Å². The zero-order chi connectivity index (χ0) is 31.0. The Morgan fingerprint density at radius 2 is 1.60 bits per heavy atom. The molecule has 7 rings (SSSR count). The second kappa shape index (κ2) is 11.9. The minimum absolute atomic E-state index is 0.0687. The van der Waals surface area contributed by atoms with Gasteiger partial charge >= 0.3 is 0 Å². The fourth-order valence-electron chi connectivity index (χ4n) is 6.63. The largest absolute Gasteiger partial charge is 0.361 e. The third-order valence-electron chi connectivity index (χ3n) is 9.12. The van der Waals surface area contributed by atoms with E-state index < -0.39 is 5.54 Å². The summed E-state index contributed by atoms with van der Waals surface area (Å²) in [4.78, 5) is 31.1. The highest BCUT2D eigenvalue weighted by molar-refractivity contribution is 5.86. The molecule has 0 radical (unpaired) electrons. The monoisotopic (exact) mass is 597 g/mol. The summed E-state index contributed by atoms with van der Waals surface area (Å²) in [5, 5.41) is 4.54. The second-order valence-electron chi connectivity index (χ2n) is 12.8. The highest BCUT2D eigenvalue weighted by atomic mass is 16.2. The van der Waals surface area contributed by atoms with Gasteiger partial charge in [0.1, 0.15) is 5.82 Å². The van der Waals surface area contributed by atoms with E-state index in [9.17, 15) is 4.79 Å². The maximum atomic E-state index is 13.4. The topological polar surface area (TPSA) is 113 Å². The Morgan fingerprint density at radius 1 is 0.933 bits per heavy atom. The van der Waals surface area contributed by atoms with Crippen LogP contribution in [0.15, 0.2) is 95.2 Å². The lowest BCUT2D eigenvalue weighted by Gasteiger charge is -2.27. The summed E-state index contributed by atoms with van der Waals surface area (Å²) < 4.78 is 2.33. The van der Waals surface area contributed by atoms with Gasteiger partial charge in [-0.2, -0.15) is 0 Å². The number of aromatic amines is 1. The molecule has 8 heteroatoms. The predicted octanol–water partition coefficient (Wildman–Crippen LogP) is 6.82. The number of H-pyrrole nitrogens is 1. The van der Waals surface area contributed by atoms with Crippen molar-refractivity contribution in [3.05, 3.63) is 113 Å². The molecule has 45 heavy (non-hydrogen) atoms. The van der Waals surface area contributed by atoms with E-state index in [-0.39, 0.29) is 23.8 Å². The van der Waals surface area contributed by atoms with Crippen molar-refractivity contribution in [2.24, 2.45) is 15.7 Å². The van der Waals surface area contributed by atoms with Gasteiger partial charge in [-0.15, -0.1) is 0 Å². The van der Waals surface area contributed by atoms with Crippen LogP contribution < -0.4 is 11.1 Å². The van der Waals surface area contributed by atoms with Crippen LogP contribution in [0, 0.1) is 0 Å². The lowest BCUT2D eigenvalue weighted by Crippen LogP contribution is -2.50. The first kappa shape index (κ1) is 28.9. The predicted molar refractivity (Wildman–Crippen MR) is 181 cm³/mol. The molecule has 3 atom stereocenters. The van der Waals surface area contributed by atoms with Crippen LogP contribution in [-0.2, 0) is 24.2 Å². The normalized spacial score (nSPS) is 17.5. The number of benzene rings is 3. The summed E-state index contributed by atoms with van der Waals surface area (Å²) in [6, 6.07) is 24.7. The SMILES string of the molecule is CC(C)(N)C(=O)N[C@H](CC1C=Nc2ccccc21)c1cnc(CCc2c[nH]c3ccccc23)n1CCC1C=Nc2ccccc21. The Kier molecular flexibility index (Phi) is 7.67. The van der Waals surface area contributed by atoms with Crippen LogP contribution in [0.1, 0.15) is 72.8 Å². The number of fused-ring (bicyclic) bond motifs is 3. The van der Waals surface area contributed by atoms with Crippen molar-refractivity contribution in [2.75, 3.05) is 0 Å². The number of aliphatic imine (C=N–C) groups is 2. The molecule has 4 heterocycles. The molecule has 0 spiro atoms. The number of nitrogens with two attached hydrogens (primary N) is 1. The van der Waals surface area contributed by atoms with Gasteiger partial charge in [0.05, 0.1) is 34.8 Å². The summed E-state index contributed by atoms with van der Waals surface area (Å²) in [7, 11) is 0. The molecule has 0 fully saturated rings. The lowest BCUT2D eigenvalue weighted by atomic mass is 9.92. The van der Waals surface area contributed by atoms with Gasteiger partial charge in [-0.05, 0) is 68.0 Å². The number of rotatable bonds is 11. The number of aryl methyl sites for hydroxylation is 2. The van der Waals surface area contributed by atoms with Crippen LogP contribution in [0.5, 0.6) is 0 Å². The summed E-state index contributed by atoms with van der Waals surface area (Å²) in [5.74, 6) is 1.10.